The van der Waals surface area contributed by atoms with Crippen molar-refractivity contribution in [3.63, 3.8) is 0 Å². The maximum atomic E-state index is 2.41. The Kier molecular flexibility index (Phi) is 6.71. The molecule has 0 saturated carbocycles. The van der Waals surface area contributed by atoms with Gasteiger partial charge >= 0.3 is 0 Å². The lowest BCUT2D eigenvalue weighted by molar-refractivity contribution is 0.330. The van der Waals surface area contributed by atoms with E-state index < -0.39 is 0 Å². The zero-order valence-electron chi connectivity index (χ0n) is 14.3. The molecule has 2 atom stereocenters. The van der Waals surface area contributed by atoms with Crippen molar-refractivity contribution in [2.45, 2.75) is 58.3 Å². The highest BCUT2D eigenvalue weighted by molar-refractivity contribution is 5.28. The summed E-state index contributed by atoms with van der Waals surface area (Å²) in [5, 5.41) is 0. The highest BCUT2D eigenvalue weighted by Gasteiger charge is 2.28. The summed E-state index contributed by atoms with van der Waals surface area (Å²) in [6.45, 7) is 7.04. The van der Waals surface area contributed by atoms with E-state index in [1.807, 2.05) is 0 Å². The largest absolute Gasteiger partial charge is 0.0654 e. The smallest absolute Gasteiger partial charge is 0.00674 e. The topological polar surface area (TPSA) is 0 Å². The van der Waals surface area contributed by atoms with E-state index in [0.29, 0.717) is 11.8 Å². The summed E-state index contributed by atoms with van der Waals surface area (Å²) >= 11 is 0. The van der Waals surface area contributed by atoms with Gasteiger partial charge in [-0.25, -0.2) is 0 Å². The third-order valence-electron chi connectivity index (χ3n) is 4.88. The molecule has 0 spiro atoms. The SMILES string of the molecule is CCCC(CCC)C(c1ccccc1)C(C)c1ccccc1. The van der Waals surface area contributed by atoms with Gasteiger partial charge in [-0.2, -0.15) is 0 Å². The van der Waals surface area contributed by atoms with Gasteiger partial charge in [0.15, 0.2) is 0 Å². The van der Waals surface area contributed by atoms with E-state index in [-0.39, 0.29) is 0 Å². The molecule has 0 aliphatic heterocycles. The van der Waals surface area contributed by atoms with Crippen LogP contribution in [-0.2, 0) is 0 Å². The monoisotopic (exact) mass is 294 g/mol. The van der Waals surface area contributed by atoms with E-state index in [1.165, 1.54) is 36.8 Å². The van der Waals surface area contributed by atoms with E-state index in [9.17, 15) is 0 Å². The summed E-state index contributed by atoms with van der Waals surface area (Å²) in [4.78, 5) is 0. The van der Waals surface area contributed by atoms with Crippen molar-refractivity contribution in [1.82, 2.24) is 0 Å². The van der Waals surface area contributed by atoms with Gasteiger partial charge in [0, 0.05) is 0 Å². The molecule has 2 aromatic carbocycles. The molecule has 2 unspecified atom stereocenters. The van der Waals surface area contributed by atoms with Gasteiger partial charge in [0.2, 0.25) is 0 Å². The van der Waals surface area contributed by atoms with Crippen LogP contribution in [0.2, 0.25) is 0 Å². The fourth-order valence-electron chi connectivity index (χ4n) is 3.85. The number of hydrogen-bond acceptors (Lipinski definition) is 0. The first-order valence-corrected chi connectivity index (χ1v) is 8.87. The molecular formula is C22H30. The Bertz CT molecular complexity index is 508. The first-order chi connectivity index (χ1) is 10.8. The maximum absolute atomic E-state index is 2.41. The van der Waals surface area contributed by atoms with Crippen molar-refractivity contribution in [2.24, 2.45) is 5.92 Å². The van der Waals surface area contributed by atoms with E-state index in [0.717, 1.165) is 5.92 Å². The van der Waals surface area contributed by atoms with Crippen LogP contribution in [0.1, 0.15) is 69.4 Å². The molecule has 0 heteroatoms. The van der Waals surface area contributed by atoms with Crippen LogP contribution >= 0.6 is 0 Å². The van der Waals surface area contributed by atoms with E-state index in [2.05, 4.69) is 81.4 Å². The summed E-state index contributed by atoms with van der Waals surface area (Å²) in [5.74, 6) is 1.95. The van der Waals surface area contributed by atoms with Gasteiger partial charge in [-0.05, 0) is 28.9 Å². The van der Waals surface area contributed by atoms with Gasteiger partial charge in [-0.3, -0.25) is 0 Å². The van der Waals surface area contributed by atoms with Gasteiger partial charge in [0.25, 0.3) is 0 Å². The highest BCUT2D eigenvalue weighted by Crippen LogP contribution is 2.42. The predicted molar refractivity (Wildman–Crippen MR) is 97.3 cm³/mol. The number of benzene rings is 2. The van der Waals surface area contributed by atoms with Crippen molar-refractivity contribution in [3.8, 4) is 0 Å². The molecule has 0 aliphatic rings. The molecule has 2 aromatic rings. The minimum atomic E-state index is 0.562. The molecule has 0 radical (unpaired) electrons. The molecule has 0 fully saturated rings. The molecule has 0 aliphatic carbocycles. The highest BCUT2D eigenvalue weighted by atomic mass is 14.3. The minimum Gasteiger partial charge on any atom is -0.0654 e. The zero-order chi connectivity index (χ0) is 15.8. The normalized spacial score (nSPS) is 14.0. The Morgan fingerprint density at radius 1 is 0.682 bits per heavy atom. The fourth-order valence-corrected chi connectivity index (χ4v) is 3.85. The van der Waals surface area contributed by atoms with E-state index in [4.69, 9.17) is 0 Å². The summed E-state index contributed by atoms with van der Waals surface area (Å²) < 4.78 is 0. The van der Waals surface area contributed by atoms with Crippen LogP contribution < -0.4 is 0 Å². The average Bonchev–Trinajstić information content (AvgIpc) is 2.57. The van der Waals surface area contributed by atoms with Crippen LogP contribution in [0.25, 0.3) is 0 Å². The van der Waals surface area contributed by atoms with Crippen molar-refractivity contribution in [1.29, 1.82) is 0 Å². The molecule has 0 heterocycles. The Morgan fingerprint density at radius 3 is 1.59 bits per heavy atom. The third kappa shape index (κ3) is 4.22. The van der Waals surface area contributed by atoms with Gasteiger partial charge in [-0.1, -0.05) is 107 Å². The summed E-state index contributed by atoms with van der Waals surface area (Å²) in [7, 11) is 0. The molecule has 0 amide bonds. The van der Waals surface area contributed by atoms with Crippen LogP contribution in [0.15, 0.2) is 60.7 Å². The first kappa shape index (κ1) is 16.8. The molecule has 0 aromatic heterocycles. The van der Waals surface area contributed by atoms with Gasteiger partial charge < -0.3 is 0 Å². The van der Waals surface area contributed by atoms with Crippen molar-refractivity contribution >= 4 is 0 Å². The summed E-state index contributed by atoms with van der Waals surface area (Å²) in [6.07, 6.45) is 5.19. The zero-order valence-corrected chi connectivity index (χ0v) is 14.3. The van der Waals surface area contributed by atoms with E-state index in [1.54, 1.807) is 0 Å². The van der Waals surface area contributed by atoms with Crippen LogP contribution in [0.4, 0.5) is 0 Å². The molecule has 2 rings (SSSR count). The maximum Gasteiger partial charge on any atom is -0.00674 e. The molecule has 0 N–H and O–H groups in total. The van der Waals surface area contributed by atoms with Crippen molar-refractivity contribution in [3.05, 3.63) is 71.8 Å². The first-order valence-electron chi connectivity index (χ1n) is 8.87. The van der Waals surface area contributed by atoms with Crippen LogP contribution in [0, 0.1) is 5.92 Å². The minimum absolute atomic E-state index is 0.562. The van der Waals surface area contributed by atoms with Gasteiger partial charge in [0.05, 0.1) is 0 Å². The van der Waals surface area contributed by atoms with Crippen molar-refractivity contribution in [2.75, 3.05) is 0 Å². The Morgan fingerprint density at radius 2 is 1.14 bits per heavy atom. The second-order valence-corrected chi connectivity index (χ2v) is 6.47. The van der Waals surface area contributed by atoms with Crippen LogP contribution in [0.5, 0.6) is 0 Å². The summed E-state index contributed by atoms with van der Waals surface area (Å²) in [5.41, 5.74) is 2.97. The molecule has 118 valence electrons. The van der Waals surface area contributed by atoms with E-state index >= 15 is 0 Å². The molecular weight excluding hydrogens is 264 g/mol. The van der Waals surface area contributed by atoms with Crippen molar-refractivity contribution < 1.29 is 0 Å². The van der Waals surface area contributed by atoms with Crippen LogP contribution in [-0.4, -0.2) is 0 Å². The Hall–Kier alpha value is -1.56. The average molecular weight is 294 g/mol. The summed E-state index contributed by atoms with van der Waals surface area (Å²) in [6, 6.07) is 22.2. The third-order valence-corrected chi connectivity index (χ3v) is 4.88. The quantitative estimate of drug-likeness (QED) is 0.502. The molecule has 22 heavy (non-hydrogen) atoms. The lowest BCUT2D eigenvalue weighted by Crippen LogP contribution is -2.19. The number of rotatable bonds is 8. The van der Waals surface area contributed by atoms with Gasteiger partial charge in [-0.15, -0.1) is 0 Å². The standard InChI is InChI=1S/C22H30/c1-4-12-20(13-5-2)22(21-16-10-7-11-17-21)18(3)19-14-8-6-9-15-19/h6-11,14-18,20,22H,4-5,12-13H2,1-3H3. The fraction of sp³-hybridized carbons (Fsp3) is 0.455. The predicted octanol–water partition coefficient (Wildman–Crippen LogP) is 6.79. The van der Waals surface area contributed by atoms with Crippen LogP contribution in [0.3, 0.4) is 0 Å². The second kappa shape index (κ2) is 8.78. The second-order valence-electron chi connectivity index (χ2n) is 6.47. The molecule has 0 nitrogen and oxygen atoms in total. The van der Waals surface area contributed by atoms with Gasteiger partial charge in [0.1, 0.15) is 0 Å². The Balaban J connectivity index is 2.36. The lowest BCUT2D eigenvalue weighted by atomic mass is 9.72. The molecule has 0 saturated heterocycles. The Labute approximate surface area is 136 Å². The number of hydrogen-bond donors (Lipinski definition) is 0. The molecule has 0 bridgehead atoms. The lowest BCUT2D eigenvalue weighted by Gasteiger charge is -2.33.